The van der Waals surface area contributed by atoms with Gasteiger partial charge in [0.2, 0.25) is 15.9 Å². The van der Waals surface area contributed by atoms with Crippen molar-refractivity contribution in [2.45, 2.75) is 33.2 Å². The van der Waals surface area contributed by atoms with E-state index in [-0.39, 0.29) is 31.0 Å². The van der Waals surface area contributed by atoms with Gasteiger partial charge in [0.25, 0.3) is 0 Å². The van der Waals surface area contributed by atoms with Gasteiger partial charge >= 0.3 is 0 Å². The molecule has 0 fully saturated rings. The van der Waals surface area contributed by atoms with Crippen molar-refractivity contribution in [2.75, 3.05) is 25.7 Å². The number of nitrogens with one attached hydrogen (secondary N) is 2. The Labute approximate surface area is 207 Å². The SMILES string of the molecule is CCS(=O)(=O)NC(C(=O)NCCc1cccc(OCOCC#Cc2ccc(Cl)cc2)c1)C(C)C. The van der Waals surface area contributed by atoms with Crippen molar-refractivity contribution in [2.24, 2.45) is 5.92 Å². The summed E-state index contributed by atoms with van der Waals surface area (Å²) in [4.78, 5) is 12.5. The minimum absolute atomic E-state index is 0.0587. The molecule has 0 aliphatic carbocycles. The second-order valence-corrected chi connectivity index (χ2v) is 10.3. The number of carbonyl (C=O) groups is 1. The van der Waals surface area contributed by atoms with Crippen LogP contribution in [-0.4, -0.2) is 46.1 Å². The third-order valence-electron chi connectivity index (χ3n) is 4.81. The lowest BCUT2D eigenvalue weighted by atomic mass is 10.0. The second kappa shape index (κ2) is 14.0. The van der Waals surface area contributed by atoms with E-state index in [0.29, 0.717) is 23.7 Å². The number of carbonyl (C=O) groups excluding carboxylic acids is 1. The maximum atomic E-state index is 12.5. The molecule has 184 valence electrons. The van der Waals surface area contributed by atoms with Gasteiger partial charge in [-0.2, -0.15) is 0 Å². The first kappa shape index (κ1) is 27.7. The fourth-order valence-electron chi connectivity index (χ4n) is 2.87. The van der Waals surface area contributed by atoms with Gasteiger partial charge in [-0.1, -0.05) is 49.4 Å². The molecular weight excluding hydrogens is 476 g/mol. The van der Waals surface area contributed by atoms with E-state index >= 15 is 0 Å². The number of sulfonamides is 1. The summed E-state index contributed by atoms with van der Waals surface area (Å²) >= 11 is 5.84. The minimum Gasteiger partial charge on any atom is -0.468 e. The summed E-state index contributed by atoms with van der Waals surface area (Å²) < 4.78 is 37.2. The molecule has 7 nitrogen and oxygen atoms in total. The molecule has 1 unspecified atom stereocenters. The highest BCUT2D eigenvalue weighted by Crippen LogP contribution is 2.14. The van der Waals surface area contributed by atoms with Crippen LogP contribution in [-0.2, 0) is 26.0 Å². The van der Waals surface area contributed by atoms with E-state index in [2.05, 4.69) is 21.9 Å². The summed E-state index contributed by atoms with van der Waals surface area (Å²) in [6, 6.07) is 13.9. The third-order valence-corrected chi connectivity index (χ3v) is 6.43. The van der Waals surface area contributed by atoms with Crippen LogP contribution in [0.1, 0.15) is 31.9 Å². The molecule has 0 heterocycles. The summed E-state index contributed by atoms with van der Waals surface area (Å²) in [6.45, 7) is 5.79. The Morgan fingerprint density at radius 1 is 1.15 bits per heavy atom. The van der Waals surface area contributed by atoms with Crippen molar-refractivity contribution in [1.29, 1.82) is 0 Å². The monoisotopic (exact) mass is 506 g/mol. The Morgan fingerprint density at radius 2 is 1.88 bits per heavy atom. The van der Waals surface area contributed by atoms with Gasteiger partial charge in [-0.15, -0.1) is 0 Å². The third kappa shape index (κ3) is 10.1. The highest BCUT2D eigenvalue weighted by molar-refractivity contribution is 7.89. The predicted octanol–water partition coefficient (Wildman–Crippen LogP) is 3.37. The fraction of sp³-hybridized carbons (Fsp3) is 0.400. The van der Waals surface area contributed by atoms with E-state index in [0.717, 1.165) is 11.1 Å². The molecule has 2 rings (SSSR count). The lowest BCUT2D eigenvalue weighted by molar-refractivity contribution is -0.123. The van der Waals surface area contributed by atoms with E-state index in [9.17, 15) is 13.2 Å². The Morgan fingerprint density at radius 3 is 2.56 bits per heavy atom. The molecule has 1 atom stereocenters. The van der Waals surface area contributed by atoms with Crippen LogP contribution in [0.15, 0.2) is 48.5 Å². The second-order valence-electron chi connectivity index (χ2n) is 7.85. The van der Waals surface area contributed by atoms with Crippen molar-refractivity contribution in [3.63, 3.8) is 0 Å². The van der Waals surface area contributed by atoms with Crippen LogP contribution in [0.3, 0.4) is 0 Å². The highest BCUT2D eigenvalue weighted by Gasteiger charge is 2.26. The molecule has 34 heavy (non-hydrogen) atoms. The number of hydrogen-bond acceptors (Lipinski definition) is 5. The maximum absolute atomic E-state index is 12.5. The Hall–Kier alpha value is -2.57. The molecule has 2 aromatic carbocycles. The molecule has 0 radical (unpaired) electrons. The molecule has 0 saturated carbocycles. The molecule has 0 aliphatic rings. The van der Waals surface area contributed by atoms with Crippen molar-refractivity contribution >= 4 is 27.5 Å². The molecule has 9 heteroatoms. The van der Waals surface area contributed by atoms with Gasteiger partial charge in [0, 0.05) is 17.1 Å². The first-order chi connectivity index (χ1) is 16.2. The van der Waals surface area contributed by atoms with Crippen LogP contribution >= 0.6 is 11.6 Å². The molecule has 0 saturated heterocycles. The predicted molar refractivity (Wildman–Crippen MR) is 134 cm³/mol. The first-order valence-electron chi connectivity index (χ1n) is 11.0. The van der Waals surface area contributed by atoms with Gasteiger partial charge in [-0.05, 0) is 61.2 Å². The minimum atomic E-state index is -3.47. The van der Waals surface area contributed by atoms with Gasteiger partial charge in [0.1, 0.15) is 18.4 Å². The van der Waals surface area contributed by atoms with E-state index in [1.165, 1.54) is 6.92 Å². The van der Waals surface area contributed by atoms with Gasteiger partial charge in [0.15, 0.2) is 6.79 Å². The van der Waals surface area contributed by atoms with Crippen LogP contribution in [0.2, 0.25) is 5.02 Å². The van der Waals surface area contributed by atoms with E-state index in [1.807, 2.05) is 36.4 Å². The fourth-order valence-corrected chi connectivity index (χ4v) is 3.93. The normalized spacial score (nSPS) is 12.0. The molecule has 2 N–H and O–H groups in total. The van der Waals surface area contributed by atoms with Gasteiger partial charge in [-0.25, -0.2) is 13.1 Å². The first-order valence-corrected chi connectivity index (χ1v) is 13.0. The van der Waals surface area contributed by atoms with E-state index in [4.69, 9.17) is 21.1 Å². The van der Waals surface area contributed by atoms with Gasteiger partial charge in [-0.3, -0.25) is 4.79 Å². The summed E-state index contributed by atoms with van der Waals surface area (Å²) in [5.41, 5.74) is 1.83. The van der Waals surface area contributed by atoms with Crippen molar-refractivity contribution in [3.8, 4) is 17.6 Å². The van der Waals surface area contributed by atoms with E-state index < -0.39 is 16.1 Å². The van der Waals surface area contributed by atoms with E-state index in [1.54, 1.807) is 26.0 Å². The Bertz CT molecular complexity index is 1090. The number of halogens is 1. The Balaban J connectivity index is 1.75. The summed E-state index contributed by atoms with van der Waals surface area (Å²) in [7, 11) is -3.47. The van der Waals surface area contributed by atoms with Crippen molar-refractivity contribution in [1.82, 2.24) is 10.0 Å². The zero-order chi connectivity index (χ0) is 25.0. The summed E-state index contributed by atoms with van der Waals surface area (Å²) in [6.07, 6.45) is 0.571. The van der Waals surface area contributed by atoms with Crippen LogP contribution < -0.4 is 14.8 Å². The number of hydrogen-bond donors (Lipinski definition) is 2. The largest absolute Gasteiger partial charge is 0.468 e. The van der Waals surface area contributed by atoms with Crippen LogP contribution in [0.5, 0.6) is 5.75 Å². The lowest BCUT2D eigenvalue weighted by Crippen LogP contribution is -2.50. The molecule has 0 aliphatic heterocycles. The molecule has 0 aromatic heterocycles. The Kier molecular flexibility index (Phi) is 11.4. The molecule has 0 bridgehead atoms. The molecule has 2 aromatic rings. The van der Waals surface area contributed by atoms with Crippen LogP contribution in [0.25, 0.3) is 0 Å². The lowest BCUT2D eigenvalue weighted by Gasteiger charge is -2.21. The summed E-state index contributed by atoms with van der Waals surface area (Å²) in [5.74, 6) is 5.95. The van der Waals surface area contributed by atoms with Crippen LogP contribution in [0, 0.1) is 17.8 Å². The standard InChI is InChI=1S/C25H31ClN2O5S/c1-4-34(30,31)28-24(19(2)3)25(29)27-15-14-21-7-5-9-23(17-21)33-18-32-16-6-8-20-10-12-22(26)13-11-20/h5,7,9-13,17,19,24,28H,4,14-16,18H2,1-3H3,(H,27,29). The average molecular weight is 507 g/mol. The van der Waals surface area contributed by atoms with Crippen molar-refractivity contribution < 1.29 is 22.7 Å². The molecular formula is C25H31ClN2O5S. The zero-order valence-electron chi connectivity index (χ0n) is 19.6. The topological polar surface area (TPSA) is 93.7 Å². The van der Waals surface area contributed by atoms with Gasteiger partial charge in [0.05, 0.1) is 5.75 Å². The number of benzene rings is 2. The smallest absolute Gasteiger partial charge is 0.238 e. The maximum Gasteiger partial charge on any atom is 0.238 e. The van der Waals surface area contributed by atoms with Gasteiger partial charge < -0.3 is 14.8 Å². The summed E-state index contributed by atoms with van der Waals surface area (Å²) in [5, 5.41) is 3.47. The number of amides is 1. The number of rotatable bonds is 12. The van der Waals surface area contributed by atoms with Crippen molar-refractivity contribution in [3.05, 3.63) is 64.7 Å². The number of ether oxygens (including phenoxy) is 2. The molecule has 0 spiro atoms. The van der Waals surface area contributed by atoms with Crippen LogP contribution in [0.4, 0.5) is 0 Å². The highest BCUT2D eigenvalue weighted by atomic mass is 35.5. The zero-order valence-corrected chi connectivity index (χ0v) is 21.2. The molecule has 1 amide bonds. The average Bonchev–Trinajstić information content (AvgIpc) is 2.81. The quantitative estimate of drug-likeness (QED) is 0.261.